The van der Waals surface area contributed by atoms with Crippen LogP contribution in [0.25, 0.3) is 11.1 Å². The molecular formula is C11H12N2. The molecule has 0 bridgehead atoms. The van der Waals surface area contributed by atoms with E-state index in [0.717, 1.165) is 5.69 Å². The van der Waals surface area contributed by atoms with E-state index in [1.165, 1.54) is 11.1 Å². The van der Waals surface area contributed by atoms with Crippen molar-refractivity contribution in [3.8, 4) is 11.1 Å². The van der Waals surface area contributed by atoms with E-state index in [0.29, 0.717) is 0 Å². The lowest BCUT2D eigenvalue weighted by Crippen LogP contribution is -1.83. The zero-order chi connectivity index (χ0) is 9.26. The van der Waals surface area contributed by atoms with E-state index in [9.17, 15) is 0 Å². The number of rotatable bonds is 1. The summed E-state index contributed by atoms with van der Waals surface area (Å²) >= 11 is 0. The summed E-state index contributed by atoms with van der Waals surface area (Å²) in [6.07, 6.45) is 4.12. The third kappa shape index (κ3) is 1.56. The molecule has 0 aliphatic rings. The van der Waals surface area contributed by atoms with Gasteiger partial charge in [-0.15, -0.1) is 0 Å². The van der Waals surface area contributed by atoms with Crippen molar-refractivity contribution >= 4 is 5.69 Å². The summed E-state index contributed by atoms with van der Waals surface area (Å²) < 4.78 is 2.03. The Labute approximate surface area is 77.6 Å². The maximum Gasteiger partial charge on any atom is 0.0314 e. The number of aryl methyl sites for hydroxylation is 1. The SMILES string of the molecule is Cn1ccc(-c2ccc(N)cc2)c1. The van der Waals surface area contributed by atoms with Crippen LogP contribution in [-0.4, -0.2) is 4.57 Å². The van der Waals surface area contributed by atoms with Crippen molar-refractivity contribution in [3.63, 3.8) is 0 Å². The summed E-state index contributed by atoms with van der Waals surface area (Å²) in [5.41, 5.74) is 8.84. The molecule has 2 nitrogen and oxygen atoms in total. The van der Waals surface area contributed by atoms with Crippen molar-refractivity contribution in [1.29, 1.82) is 0 Å². The van der Waals surface area contributed by atoms with Gasteiger partial charge >= 0.3 is 0 Å². The first-order valence-corrected chi connectivity index (χ1v) is 4.23. The van der Waals surface area contributed by atoms with Crippen molar-refractivity contribution in [1.82, 2.24) is 4.57 Å². The Morgan fingerprint density at radius 3 is 2.23 bits per heavy atom. The van der Waals surface area contributed by atoms with Crippen LogP contribution in [-0.2, 0) is 7.05 Å². The van der Waals surface area contributed by atoms with Crippen molar-refractivity contribution < 1.29 is 0 Å². The second kappa shape index (κ2) is 2.98. The Hall–Kier alpha value is -1.70. The fraction of sp³-hybridized carbons (Fsp3) is 0.0909. The molecule has 2 heteroatoms. The zero-order valence-electron chi connectivity index (χ0n) is 7.57. The topological polar surface area (TPSA) is 30.9 Å². The van der Waals surface area contributed by atoms with Crippen LogP contribution >= 0.6 is 0 Å². The minimum atomic E-state index is 0.805. The van der Waals surface area contributed by atoms with E-state index in [2.05, 4.69) is 12.3 Å². The second-order valence-electron chi connectivity index (χ2n) is 3.19. The molecule has 0 aliphatic carbocycles. The molecule has 2 N–H and O–H groups in total. The van der Waals surface area contributed by atoms with Gasteiger partial charge in [-0.3, -0.25) is 0 Å². The lowest BCUT2D eigenvalue weighted by Gasteiger charge is -1.97. The van der Waals surface area contributed by atoms with Gasteiger partial charge < -0.3 is 10.3 Å². The Balaban J connectivity index is 2.41. The van der Waals surface area contributed by atoms with Crippen LogP contribution in [0.2, 0.25) is 0 Å². The zero-order valence-corrected chi connectivity index (χ0v) is 7.57. The van der Waals surface area contributed by atoms with Gasteiger partial charge in [0.2, 0.25) is 0 Å². The maximum absolute atomic E-state index is 5.60. The number of nitrogens with two attached hydrogens (primary N) is 1. The molecule has 2 aromatic rings. The van der Waals surface area contributed by atoms with E-state index in [-0.39, 0.29) is 0 Å². The molecule has 66 valence electrons. The Morgan fingerprint density at radius 1 is 1.00 bits per heavy atom. The van der Waals surface area contributed by atoms with Crippen LogP contribution in [0.4, 0.5) is 5.69 Å². The number of hydrogen-bond acceptors (Lipinski definition) is 1. The largest absolute Gasteiger partial charge is 0.399 e. The first kappa shape index (κ1) is 7.92. The highest BCUT2D eigenvalue weighted by atomic mass is 14.9. The fourth-order valence-electron chi connectivity index (χ4n) is 1.35. The van der Waals surface area contributed by atoms with E-state index in [4.69, 9.17) is 5.73 Å². The van der Waals surface area contributed by atoms with E-state index < -0.39 is 0 Å². The van der Waals surface area contributed by atoms with Gasteiger partial charge in [0.25, 0.3) is 0 Å². The van der Waals surface area contributed by atoms with Gasteiger partial charge in [0.05, 0.1) is 0 Å². The van der Waals surface area contributed by atoms with Crippen molar-refractivity contribution in [2.75, 3.05) is 5.73 Å². The maximum atomic E-state index is 5.60. The summed E-state index contributed by atoms with van der Waals surface area (Å²) in [7, 11) is 2.01. The van der Waals surface area contributed by atoms with Crippen LogP contribution in [0.5, 0.6) is 0 Å². The highest BCUT2D eigenvalue weighted by molar-refractivity contribution is 5.64. The average Bonchev–Trinajstić information content (AvgIpc) is 2.53. The smallest absolute Gasteiger partial charge is 0.0314 e. The second-order valence-corrected chi connectivity index (χ2v) is 3.19. The molecule has 13 heavy (non-hydrogen) atoms. The van der Waals surface area contributed by atoms with Gasteiger partial charge in [0.15, 0.2) is 0 Å². The highest BCUT2D eigenvalue weighted by Crippen LogP contribution is 2.20. The highest BCUT2D eigenvalue weighted by Gasteiger charge is 1.97. The van der Waals surface area contributed by atoms with E-state index in [1.54, 1.807) is 0 Å². The number of benzene rings is 1. The minimum Gasteiger partial charge on any atom is -0.399 e. The third-order valence-electron chi connectivity index (χ3n) is 2.08. The van der Waals surface area contributed by atoms with Crippen molar-refractivity contribution in [2.45, 2.75) is 0 Å². The molecule has 0 unspecified atom stereocenters. The van der Waals surface area contributed by atoms with Crippen LogP contribution < -0.4 is 5.73 Å². The van der Waals surface area contributed by atoms with Crippen LogP contribution in [0.15, 0.2) is 42.7 Å². The number of anilines is 1. The summed E-state index contributed by atoms with van der Waals surface area (Å²) in [6.45, 7) is 0. The number of aromatic nitrogens is 1. The van der Waals surface area contributed by atoms with E-state index in [1.807, 2.05) is 42.1 Å². The molecule has 0 fully saturated rings. The van der Waals surface area contributed by atoms with Crippen molar-refractivity contribution in [3.05, 3.63) is 42.7 Å². The first-order valence-electron chi connectivity index (χ1n) is 4.23. The van der Waals surface area contributed by atoms with Gasteiger partial charge in [-0.25, -0.2) is 0 Å². The Morgan fingerprint density at radius 2 is 1.69 bits per heavy atom. The molecule has 0 radical (unpaired) electrons. The standard InChI is InChI=1S/C11H12N2/c1-13-7-6-10(8-13)9-2-4-11(12)5-3-9/h2-8H,12H2,1H3. The van der Waals surface area contributed by atoms with Crippen molar-refractivity contribution in [2.24, 2.45) is 7.05 Å². The molecule has 0 aliphatic heterocycles. The van der Waals surface area contributed by atoms with Gasteiger partial charge in [-0.2, -0.15) is 0 Å². The fourth-order valence-corrected chi connectivity index (χ4v) is 1.35. The van der Waals surface area contributed by atoms with E-state index >= 15 is 0 Å². The minimum absolute atomic E-state index is 0.805. The Bertz CT molecular complexity index is 398. The quantitative estimate of drug-likeness (QED) is 0.657. The average molecular weight is 172 g/mol. The summed E-state index contributed by atoms with van der Waals surface area (Å²) in [6, 6.07) is 9.99. The molecule has 0 atom stereocenters. The summed E-state index contributed by atoms with van der Waals surface area (Å²) in [4.78, 5) is 0. The normalized spacial score (nSPS) is 10.2. The van der Waals surface area contributed by atoms with Gasteiger partial charge in [0.1, 0.15) is 0 Å². The first-order chi connectivity index (χ1) is 6.25. The number of hydrogen-bond donors (Lipinski definition) is 1. The number of nitrogens with zero attached hydrogens (tertiary/aromatic N) is 1. The third-order valence-corrected chi connectivity index (χ3v) is 2.08. The lowest BCUT2D eigenvalue weighted by molar-refractivity contribution is 0.928. The summed E-state index contributed by atoms with van der Waals surface area (Å²) in [5.74, 6) is 0. The van der Waals surface area contributed by atoms with Gasteiger partial charge in [-0.05, 0) is 29.3 Å². The number of nitrogen functional groups attached to an aromatic ring is 1. The molecule has 1 aromatic carbocycles. The monoisotopic (exact) mass is 172 g/mol. The molecule has 1 aromatic heterocycles. The van der Waals surface area contributed by atoms with Gasteiger partial charge in [0, 0.05) is 25.1 Å². The lowest BCUT2D eigenvalue weighted by atomic mass is 10.1. The summed E-state index contributed by atoms with van der Waals surface area (Å²) in [5, 5.41) is 0. The predicted molar refractivity (Wildman–Crippen MR) is 55.3 cm³/mol. The Kier molecular flexibility index (Phi) is 1.81. The van der Waals surface area contributed by atoms with Crippen LogP contribution in [0.3, 0.4) is 0 Å². The molecule has 1 heterocycles. The molecular weight excluding hydrogens is 160 g/mol. The van der Waals surface area contributed by atoms with Gasteiger partial charge in [-0.1, -0.05) is 12.1 Å². The molecule has 0 amide bonds. The van der Waals surface area contributed by atoms with Crippen LogP contribution in [0.1, 0.15) is 0 Å². The molecule has 2 rings (SSSR count). The molecule has 0 saturated carbocycles. The van der Waals surface area contributed by atoms with Crippen LogP contribution in [0, 0.1) is 0 Å². The predicted octanol–water partition coefficient (Wildman–Crippen LogP) is 2.27. The molecule has 0 spiro atoms. The molecule has 0 saturated heterocycles.